The summed E-state index contributed by atoms with van der Waals surface area (Å²) < 4.78 is 10.6. The standard InChI is InChI=1S/C18H20N4O4/c1-12(14-10-13(24-2)8-9-17(14)25-3)19-18(23)11-26-22-16-7-5-4-6-15(16)20-21-22/h4-10,12H,11H2,1-3H3,(H,19,23). The van der Waals surface area contributed by atoms with E-state index in [-0.39, 0.29) is 18.6 Å². The van der Waals surface area contributed by atoms with Gasteiger partial charge >= 0.3 is 0 Å². The number of aromatic nitrogens is 3. The van der Waals surface area contributed by atoms with Crippen LogP contribution in [-0.4, -0.2) is 41.9 Å². The normalized spacial score (nSPS) is 11.8. The summed E-state index contributed by atoms with van der Waals surface area (Å²) in [6, 6.07) is 12.5. The smallest absolute Gasteiger partial charge is 0.261 e. The molecule has 3 aromatic rings. The van der Waals surface area contributed by atoms with E-state index in [1.54, 1.807) is 26.4 Å². The maximum atomic E-state index is 12.2. The van der Waals surface area contributed by atoms with Crippen LogP contribution < -0.4 is 19.6 Å². The molecule has 1 unspecified atom stereocenters. The number of hydrogen-bond acceptors (Lipinski definition) is 6. The SMILES string of the molecule is COc1ccc(OC)c(C(C)NC(=O)COn2nnc3ccccc32)c1. The van der Waals surface area contributed by atoms with Gasteiger partial charge < -0.3 is 19.6 Å². The molecular formula is C18H20N4O4. The Morgan fingerprint density at radius 2 is 2.00 bits per heavy atom. The molecule has 0 bridgehead atoms. The number of hydrogen-bond donors (Lipinski definition) is 1. The average Bonchev–Trinajstić information content (AvgIpc) is 3.09. The van der Waals surface area contributed by atoms with E-state index in [9.17, 15) is 4.79 Å². The fraction of sp³-hybridized carbons (Fsp3) is 0.278. The first-order valence-electron chi connectivity index (χ1n) is 8.07. The minimum Gasteiger partial charge on any atom is -0.497 e. The molecule has 0 aliphatic heterocycles. The number of rotatable bonds is 7. The number of amides is 1. The second-order valence-corrected chi connectivity index (χ2v) is 5.62. The van der Waals surface area contributed by atoms with Crippen molar-refractivity contribution in [2.45, 2.75) is 13.0 Å². The summed E-state index contributed by atoms with van der Waals surface area (Å²) in [5.74, 6) is 1.07. The van der Waals surface area contributed by atoms with Gasteiger partial charge in [0.15, 0.2) is 6.61 Å². The van der Waals surface area contributed by atoms with Gasteiger partial charge in [-0.25, -0.2) is 0 Å². The summed E-state index contributed by atoms with van der Waals surface area (Å²) in [4.78, 5) is 18.9. The number of fused-ring (bicyclic) bond motifs is 1. The molecule has 136 valence electrons. The molecule has 0 saturated carbocycles. The Kier molecular flexibility index (Phi) is 5.21. The third kappa shape index (κ3) is 3.69. The van der Waals surface area contributed by atoms with Crippen molar-refractivity contribution in [1.82, 2.24) is 20.5 Å². The van der Waals surface area contributed by atoms with E-state index in [2.05, 4.69) is 15.6 Å². The Bertz CT molecular complexity index is 909. The predicted octanol–water partition coefficient (Wildman–Crippen LogP) is 1.75. The highest BCUT2D eigenvalue weighted by atomic mass is 16.7. The van der Waals surface area contributed by atoms with Gasteiger partial charge in [0.25, 0.3) is 5.91 Å². The Morgan fingerprint density at radius 1 is 1.19 bits per heavy atom. The van der Waals surface area contributed by atoms with Crippen LogP contribution in [0.3, 0.4) is 0 Å². The van der Waals surface area contributed by atoms with Crippen molar-refractivity contribution in [3.8, 4) is 11.5 Å². The van der Waals surface area contributed by atoms with Crippen LogP contribution in [0, 0.1) is 0 Å². The summed E-state index contributed by atoms with van der Waals surface area (Å²) in [5, 5.41) is 10.7. The number of nitrogens with zero attached hydrogens (tertiary/aromatic N) is 3. The highest BCUT2D eigenvalue weighted by Gasteiger charge is 2.16. The lowest BCUT2D eigenvalue weighted by molar-refractivity contribution is -0.127. The Morgan fingerprint density at radius 3 is 2.77 bits per heavy atom. The van der Waals surface area contributed by atoms with E-state index >= 15 is 0 Å². The van der Waals surface area contributed by atoms with E-state index in [1.165, 1.54) is 4.85 Å². The number of carbonyl (C=O) groups excluding carboxylic acids is 1. The van der Waals surface area contributed by atoms with Crippen LogP contribution in [0.5, 0.6) is 11.5 Å². The average molecular weight is 356 g/mol. The lowest BCUT2D eigenvalue weighted by Crippen LogP contribution is -2.34. The van der Waals surface area contributed by atoms with Crippen molar-refractivity contribution < 1.29 is 19.1 Å². The lowest BCUT2D eigenvalue weighted by Gasteiger charge is -2.18. The molecule has 8 heteroatoms. The first-order valence-corrected chi connectivity index (χ1v) is 8.07. The van der Waals surface area contributed by atoms with Crippen molar-refractivity contribution in [2.75, 3.05) is 20.8 Å². The molecule has 2 aromatic carbocycles. The number of nitrogens with one attached hydrogen (secondary N) is 1. The minimum atomic E-state index is -0.290. The van der Waals surface area contributed by atoms with E-state index < -0.39 is 0 Å². The maximum Gasteiger partial charge on any atom is 0.261 e. The molecule has 0 aliphatic rings. The molecule has 0 radical (unpaired) electrons. The van der Waals surface area contributed by atoms with Gasteiger partial charge in [0.05, 0.1) is 20.3 Å². The summed E-state index contributed by atoms with van der Waals surface area (Å²) in [5.41, 5.74) is 2.21. The van der Waals surface area contributed by atoms with Crippen LogP contribution in [-0.2, 0) is 4.79 Å². The van der Waals surface area contributed by atoms with Crippen molar-refractivity contribution in [2.24, 2.45) is 0 Å². The number of benzene rings is 2. The second kappa shape index (κ2) is 7.73. The zero-order valence-electron chi connectivity index (χ0n) is 14.8. The number of para-hydroxylation sites is 1. The Balaban J connectivity index is 1.64. The fourth-order valence-electron chi connectivity index (χ4n) is 2.60. The molecule has 1 atom stereocenters. The third-order valence-electron chi connectivity index (χ3n) is 3.92. The van der Waals surface area contributed by atoms with Gasteiger partial charge in [-0.1, -0.05) is 17.0 Å². The summed E-state index contributed by atoms with van der Waals surface area (Å²) in [7, 11) is 3.17. The van der Waals surface area contributed by atoms with Gasteiger partial charge in [-0.2, -0.15) is 0 Å². The van der Waals surface area contributed by atoms with Crippen LogP contribution in [0.15, 0.2) is 42.5 Å². The summed E-state index contributed by atoms with van der Waals surface area (Å²) in [6.45, 7) is 1.67. The molecule has 0 spiro atoms. The van der Waals surface area contributed by atoms with Gasteiger partial charge in [-0.15, -0.1) is 5.10 Å². The Hall–Kier alpha value is -3.29. The number of methoxy groups -OCH3 is 2. The van der Waals surface area contributed by atoms with E-state index in [4.69, 9.17) is 14.3 Å². The monoisotopic (exact) mass is 356 g/mol. The molecule has 3 rings (SSSR count). The van der Waals surface area contributed by atoms with Gasteiger partial charge in [0.2, 0.25) is 0 Å². The van der Waals surface area contributed by atoms with E-state index in [0.29, 0.717) is 22.5 Å². The zero-order valence-corrected chi connectivity index (χ0v) is 14.8. The molecule has 0 aliphatic carbocycles. The van der Waals surface area contributed by atoms with Crippen LogP contribution in [0.2, 0.25) is 0 Å². The van der Waals surface area contributed by atoms with Crippen molar-refractivity contribution in [3.63, 3.8) is 0 Å². The molecule has 8 nitrogen and oxygen atoms in total. The van der Waals surface area contributed by atoms with E-state index in [0.717, 1.165) is 5.56 Å². The topological polar surface area (TPSA) is 87.5 Å². The van der Waals surface area contributed by atoms with Crippen LogP contribution in [0.4, 0.5) is 0 Å². The quantitative estimate of drug-likeness (QED) is 0.694. The molecular weight excluding hydrogens is 336 g/mol. The van der Waals surface area contributed by atoms with Crippen molar-refractivity contribution >= 4 is 16.9 Å². The fourth-order valence-corrected chi connectivity index (χ4v) is 2.60. The molecule has 0 fully saturated rings. The third-order valence-corrected chi connectivity index (χ3v) is 3.92. The number of ether oxygens (including phenoxy) is 2. The predicted molar refractivity (Wildman–Crippen MR) is 95.1 cm³/mol. The van der Waals surface area contributed by atoms with Crippen LogP contribution in [0.1, 0.15) is 18.5 Å². The summed E-state index contributed by atoms with van der Waals surface area (Å²) >= 11 is 0. The van der Waals surface area contributed by atoms with Crippen molar-refractivity contribution in [3.05, 3.63) is 48.0 Å². The largest absolute Gasteiger partial charge is 0.497 e. The maximum absolute atomic E-state index is 12.2. The van der Waals surface area contributed by atoms with E-state index in [1.807, 2.05) is 37.3 Å². The second-order valence-electron chi connectivity index (χ2n) is 5.62. The molecule has 1 amide bonds. The highest BCUT2D eigenvalue weighted by Crippen LogP contribution is 2.29. The molecule has 26 heavy (non-hydrogen) atoms. The van der Waals surface area contributed by atoms with Gasteiger partial charge in [0, 0.05) is 5.56 Å². The summed E-state index contributed by atoms with van der Waals surface area (Å²) in [6.07, 6.45) is 0. The lowest BCUT2D eigenvalue weighted by atomic mass is 10.1. The molecule has 0 saturated heterocycles. The molecule has 1 N–H and O–H groups in total. The highest BCUT2D eigenvalue weighted by molar-refractivity contribution is 5.78. The van der Waals surface area contributed by atoms with Gasteiger partial charge in [0.1, 0.15) is 22.5 Å². The van der Waals surface area contributed by atoms with Crippen LogP contribution >= 0.6 is 0 Å². The van der Waals surface area contributed by atoms with Gasteiger partial charge in [-0.05, 0) is 42.5 Å². The molecule has 1 aromatic heterocycles. The first-order chi connectivity index (χ1) is 12.6. The number of carbonyl (C=O) groups is 1. The first kappa shape index (κ1) is 17.5. The molecule has 1 heterocycles. The van der Waals surface area contributed by atoms with Gasteiger partial charge in [-0.3, -0.25) is 4.79 Å². The zero-order chi connectivity index (χ0) is 18.5. The minimum absolute atomic E-state index is 0.190. The van der Waals surface area contributed by atoms with Crippen LogP contribution in [0.25, 0.3) is 11.0 Å². The van der Waals surface area contributed by atoms with Crippen molar-refractivity contribution in [1.29, 1.82) is 0 Å². The Labute approximate surface area is 150 Å².